The highest BCUT2D eigenvalue weighted by Crippen LogP contribution is 2.36. The Hall–Kier alpha value is -2.74. The van der Waals surface area contributed by atoms with Gasteiger partial charge in [-0.25, -0.2) is 4.39 Å². The van der Waals surface area contributed by atoms with Crippen LogP contribution in [0.1, 0.15) is 44.1 Å². The van der Waals surface area contributed by atoms with Gasteiger partial charge in [-0.2, -0.15) is 0 Å². The summed E-state index contributed by atoms with van der Waals surface area (Å²) < 4.78 is 18.6. The van der Waals surface area contributed by atoms with Crippen LogP contribution in [-0.2, 0) is 19.1 Å². The largest absolute Gasteiger partial charge is 0.545 e. The number of benzene rings is 1. The number of piperidine rings is 1. The van der Waals surface area contributed by atoms with Crippen LogP contribution in [0.5, 0.6) is 0 Å². The number of halogens is 1. The van der Waals surface area contributed by atoms with E-state index < -0.39 is 11.9 Å². The van der Waals surface area contributed by atoms with E-state index in [2.05, 4.69) is 11.9 Å². The number of carboxylic acids is 2. The maximum atomic E-state index is 12.9. The van der Waals surface area contributed by atoms with Crippen LogP contribution in [0.4, 0.5) is 4.39 Å². The van der Waals surface area contributed by atoms with E-state index in [0.717, 1.165) is 18.4 Å². The van der Waals surface area contributed by atoms with Gasteiger partial charge in [0.2, 0.25) is 0 Å². The molecule has 3 rings (SSSR count). The van der Waals surface area contributed by atoms with Gasteiger partial charge in [0.25, 0.3) is 0 Å². The van der Waals surface area contributed by atoms with Crippen LogP contribution in [0.3, 0.4) is 0 Å². The topological polar surface area (TPSA) is 110 Å². The van der Waals surface area contributed by atoms with Crippen molar-refractivity contribution in [3.63, 3.8) is 0 Å². The molecule has 3 unspecified atom stereocenters. The van der Waals surface area contributed by atoms with E-state index in [9.17, 15) is 29.0 Å². The predicted octanol–water partition coefficient (Wildman–Crippen LogP) is 0.140. The van der Waals surface area contributed by atoms with Crippen molar-refractivity contribution < 1.29 is 33.7 Å². The maximum Gasteiger partial charge on any atom is 0.313 e. The maximum absolute atomic E-state index is 12.9. The highest BCUT2D eigenvalue weighted by atomic mass is 19.1. The molecule has 2 heterocycles. The molecule has 0 amide bonds. The van der Waals surface area contributed by atoms with E-state index in [1.807, 2.05) is 6.92 Å². The molecule has 2 bridgehead atoms. The van der Waals surface area contributed by atoms with Gasteiger partial charge in [-0.15, -0.1) is 0 Å². The molecule has 158 valence electrons. The first-order valence-electron chi connectivity index (χ1n) is 9.45. The van der Waals surface area contributed by atoms with Crippen molar-refractivity contribution in [1.82, 2.24) is 4.90 Å². The molecule has 7 nitrogen and oxygen atoms in total. The Morgan fingerprint density at radius 3 is 2.00 bits per heavy atom. The monoisotopic (exact) mass is 405 g/mol. The van der Waals surface area contributed by atoms with Crippen LogP contribution >= 0.6 is 0 Å². The molecule has 1 aromatic rings. The Kier molecular flexibility index (Phi) is 7.90. The number of carbonyl (C=O) groups is 3. The molecule has 2 aliphatic rings. The van der Waals surface area contributed by atoms with Crippen molar-refractivity contribution >= 4 is 17.9 Å². The second-order valence-corrected chi connectivity index (χ2v) is 7.33. The van der Waals surface area contributed by atoms with E-state index in [4.69, 9.17) is 4.74 Å². The summed E-state index contributed by atoms with van der Waals surface area (Å²) in [4.78, 5) is 33.5. The third-order valence-corrected chi connectivity index (χ3v) is 5.42. The highest BCUT2D eigenvalue weighted by molar-refractivity contribution is 5.87. The summed E-state index contributed by atoms with van der Waals surface area (Å²) in [6.07, 6.45) is 5.11. The van der Waals surface area contributed by atoms with Crippen molar-refractivity contribution in [2.75, 3.05) is 7.05 Å². The molecule has 2 saturated heterocycles. The lowest BCUT2D eigenvalue weighted by Gasteiger charge is -2.36. The molecule has 0 spiro atoms. The van der Waals surface area contributed by atoms with Crippen molar-refractivity contribution in [3.8, 4) is 0 Å². The molecule has 0 saturated carbocycles. The quantitative estimate of drug-likeness (QED) is 0.506. The fourth-order valence-corrected chi connectivity index (χ4v) is 3.75. The molecule has 8 heteroatoms. The minimum atomic E-state index is -1.55. The Morgan fingerprint density at radius 1 is 1.07 bits per heavy atom. The third-order valence-electron chi connectivity index (χ3n) is 5.42. The molecule has 0 aliphatic carbocycles. The fraction of sp³-hybridized carbons (Fsp3) is 0.476. The number of carbonyl (C=O) groups excluding carboxylic acids is 3. The number of nitrogens with zero attached hydrogens (tertiary/aromatic N) is 1. The van der Waals surface area contributed by atoms with E-state index in [1.165, 1.54) is 25.0 Å². The molecular weight excluding hydrogens is 381 g/mol. The first-order valence-corrected chi connectivity index (χ1v) is 9.45. The lowest BCUT2D eigenvalue weighted by molar-refractivity contribution is -0.301. The average Bonchev–Trinajstić information content (AvgIpc) is 2.88. The first kappa shape index (κ1) is 22.5. The Bertz CT molecular complexity index is 733. The van der Waals surface area contributed by atoms with Crippen LogP contribution < -0.4 is 10.2 Å². The summed E-state index contributed by atoms with van der Waals surface area (Å²) in [5.41, 5.74) is 0.803. The van der Waals surface area contributed by atoms with Crippen LogP contribution in [0.2, 0.25) is 0 Å². The number of carboxylic acid groups (broad SMARTS) is 2. The van der Waals surface area contributed by atoms with Crippen molar-refractivity contribution in [1.29, 1.82) is 0 Å². The minimum absolute atomic E-state index is 0.0362. The average molecular weight is 405 g/mol. The summed E-state index contributed by atoms with van der Waals surface area (Å²) >= 11 is 0. The highest BCUT2D eigenvalue weighted by Gasteiger charge is 2.40. The summed E-state index contributed by atoms with van der Waals surface area (Å²) in [7, 11) is 2.17. The number of esters is 1. The summed E-state index contributed by atoms with van der Waals surface area (Å²) in [5, 5.41) is 18.8. The standard InChI is InChI=1S/C17H22FNO2.C4H4O4/c1-11(12-3-5-13(18)6-4-12)17(20)21-16-9-14-7-8-15(10-16)19(14)2;5-3(6)1-2-4(7)8/h3-6,11,14-16H,7-10H2,1-2H3;1-2H,(H,5,6)(H,7,8)/p-2/b;2-1-. The molecule has 29 heavy (non-hydrogen) atoms. The predicted molar refractivity (Wildman–Crippen MR) is 97.7 cm³/mol. The minimum Gasteiger partial charge on any atom is -0.545 e. The van der Waals surface area contributed by atoms with Crippen LogP contribution in [-0.4, -0.2) is 48.0 Å². The zero-order chi connectivity index (χ0) is 21.6. The van der Waals surface area contributed by atoms with Crippen LogP contribution in [0.15, 0.2) is 36.4 Å². The normalized spacial score (nSPS) is 24.4. The molecule has 0 N–H and O–H groups in total. The zero-order valence-electron chi connectivity index (χ0n) is 16.4. The number of rotatable bonds is 5. The Balaban J connectivity index is 0.000000321. The van der Waals surface area contributed by atoms with Gasteiger partial charge in [0.05, 0.1) is 17.9 Å². The second kappa shape index (κ2) is 10.2. The zero-order valence-corrected chi connectivity index (χ0v) is 16.4. The molecule has 0 aromatic heterocycles. The Morgan fingerprint density at radius 2 is 1.55 bits per heavy atom. The molecular formula is C21H24FNO6-2. The first-order chi connectivity index (χ1) is 13.7. The van der Waals surface area contributed by atoms with E-state index in [1.54, 1.807) is 12.1 Å². The van der Waals surface area contributed by atoms with Gasteiger partial charge >= 0.3 is 5.97 Å². The van der Waals surface area contributed by atoms with Gasteiger partial charge in [0, 0.05) is 12.1 Å². The van der Waals surface area contributed by atoms with Gasteiger partial charge in [0.15, 0.2) is 0 Å². The number of ether oxygens (including phenoxy) is 1. The number of fused-ring (bicyclic) bond motifs is 2. The van der Waals surface area contributed by atoms with Crippen LogP contribution in [0, 0.1) is 5.82 Å². The van der Waals surface area contributed by atoms with Crippen molar-refractivity contribution in [3.05, 3.63) is 47.8 Å². The van der Waals surface area contributed by atoms with E-state index >= 15 is 0 Å². The van der Waals surface area contributed by atoms with Gasteiger partial charge < -0.3 is 29.4 Å². The fourth-order valence-electron chi connectivity index (χ4n) is 3.75. The van der Waals surface area contributed by atoms with E-state index in [-0.39, 0.29) is 23.8 Å². The van der Waals surface area contributed by atoms with Gasteiger partial charge in [-0.3, -0.25) is 4.79 Å². The molecule has 2 aliphatic heterocycles. The van der Waals surface area contributed by atoms with Gasteiger partial charge in [-0.05, 0) is 69.5 Å². The van der Waals surface area contributed by atoms with Crippen LogP contribution in [0.25, 0.3) is 0 Å². The smallest absolute Gasteiger partial charge is 0.313 e. The molecule has 1 aromatic carbocycles. The number of hydrogen-bond acceptors (Lipinski definition) is 7. The molecule has 3 atom stereocenters. The second-order valence-electron chi connectivity index (χ2n) is 7.33. The third kappa shape index (κ3) is 6.67. The summed E-state index contributed by atoms with van der Waals surface area (Å²) in [5.74, 6) is -3.92. The van der Waals surface area contributed by atoms with Crippen molar-refractivity contribution in [2.45, 2.75) is 56.7 Å². The van der Waals surface area contributed by atoms with Gasteiger partial charge in [-0.1, -0.05) is 12.1 Å². The lowest BCUT2D eigenvalue weighted by Crippen LogP contribution is -2.43. The molecule has 2 fully saturated rings. The van der Waals surface area contributed by atoms with Crippen molar-refractivity contribution in [2.24, 2.45) is 0 Å². The SMILES string of the molecule is CC(C(=O)OC1CC2CCC(C1)N2C)c1ccc(F)cc1.O=C([O-])/C=C\C(=O)[O-]. The lowest BCUT2D eigenvalue weighted by atomic mass is 9.99. The summed E-state index contributed by atoms with van der Waals surface area (Å²) in [6.45, 7) is 1.82. The van der Waals surface area contributed by atoms with Gasteiger partial charge in [0.1, 0.15) is 11.9 Å². The van der Waals surface area contributed by atoms with E-state index in [0.29, 0.717) is 24.2 Å². The molecule has 0 radical (unpaired) electrons. The summed E-state index contributed by atoms with van der Waals surface area (Å²) in [6, 6.07) is 7.19. The number of hydrogen-bond donors (Lipinski definition) is 0. The number of aliphatic carboxylic acids is 2. The Labute approximate surface area is 168 Å².